The quantitative estimate of drug-likeness (QED) is 0.862. The van der Waals surface area contributed by atoms with Gasteiger partial charge in [-0.1, -0.05) is 60.7 Å². The van der Waals surface area contributed by atoms with E-state index in [2.05, 4.69) is 0 Å². The van der Waals surface area contributed by atoms with Gasteiger partial charge in [-0.25, -0.2) is 0 Å². The van der Waals surface area contributed by atoms with Gasteiger partial charge in [0.25, 0.3) is 10.1 Å². The van der Waals surface area contributed by atoms with Crippen LogP contribution in [0, 0.1) is 0 Å². The van der Waals surface area contributed by atoms with Gasteiger partial charge in [0, 0.05) is 0 Å². The maximum atomic E-state index is 11.5. The van der Waals surface area contributed by atoms with Crippen LogP contribution in [-0.4, -0.2) is 13.0 Å². The largest absolute Gasteiger partial charge is 0.285 e. The highest BCUT2D eigenvalue weighted by Gasteiger charge is 2.24. The van der Waals surface area contributed by atoms with E-state index in [1.165, 1.54) is 0 Å². The minimum atomic E-state index is -4.12. The number of rotatable bonds is 4. The topological polar surface area (TPSA) is 54.4 Å². The average molecular weight is 262 g/mol. The third kappa shape index (κ3) is 3.18. The second-order valence-electron chi connectivity index (χ2n) is 4.10. The summed E-state index contributed by atoms with van der Waals surface area (Å²) in [6, 6.07) is 18.0. The first-order valence-corrected chi connectivity index (χ1v) is 7.13. The summed E-state index contributed by atoms with van der Waals surface area (Å²) in [4.78, 5) is 0. The lowest BCUT2D eigenvalue weighted by Crippen LogP contribution is -2.14. The van der Waals surface area contributed by atoms with Crippen molar-refractivity contribution in [1.82, 2.24) is 0 Å². The average Bonchev–Trinajstić information content (AvgIpc) is 2.37. The highest BCUT2D eigenvalue weighted by atomic mass is 32.2. The molecule has 2 aromatic carbocycles. The van der Waals surface area contributed by atoms with Crippen LogP contribution in [0.2, 0.25) is 0 Å². The van der Waals surface area contributed by atoms with Crippen molar-refractivity contribution in [2.45, 2.75) is 11.7 Å². The lowest BCUT2D eigenvalue weighted by atomic mass is 10.0. The molecular formula is C14H14O3S. The molecule has 0 spiro atoms. The van der Waals surface area contributed by atoms with Crippen LogP contribution in [-0.2, 0) is 16.5 Å². The van der Waals surface area contributed by atoms with Gasteiger partial charge in [0.1, 0.15) is 5.25 Å². The van der Waals surface area contributed by atoms with E-state index in [9.17, 15) is 13.0 Å². The molecule has 3 nitrogen and oxygen atoms in total. The van der Waals surface area contributed by atoms with Crippen LogP contribution in [0.1, 0.15) is 16.4 Å². The standard InChI is InChI=1S/C14H14O3S/c15-18(16,17)14(13-9-5-2-6-10-13)11-12-7-3-1-4-8-12/h1-10,14H,11H2,(H,15,16,17). The second-order valence-corrected chi connectivity index (χ2v) is 5.70. The summed E-state index contributed by atoms with van der Waals surface area (Å²) >= 11 is 0. The third-order valence-electron chi connectivity index (χ3n) is 2.79. The summed E-state index contributed by atoms with van der Waals surface area (Å²) in [6.07, 6.45) is 0.268. The van der Waals surface area contributed by atoms with Crippen molar-refractivity contribution in [3.8, 4) is 0 Å². The van der Waals surface area contributed by atoms with Crippen molar-refractivity contribution in [3.63, 3.8) is 0 Å². The number of benzene rings is 2. The van der Waals surface area contributed by atoms with Crippen LogP contribution in [0.5, 0.6) is 0 Å². The monoisotopic (exact) mass is 262 g/mol. The van der Waals surface area contributed by atoms with E-state index in [-0.39, 0.29) is 6.42 Å². The van der Waals surface area contributed by atoms with E-state index in [0.29, 0.717) is 5.56 Å². The molecule has 94 valence electrons. The molecule has 0 saturated carbocycles. The molecule has 0 fully saturated rings. The molecule has 0 radical (unpaired) electrons. The Hall–Kier alpha value is -1.65. The lowest BCUT2D eigenvalue weighted by Gasteiger charge is -2.14. The van der Waals surface area contributed by atoms with Crippen LogP contribution in [0.25, 0.3) is 0 Å². The zero-order chi connectivity index (χ0) is 13.0. The van der Waals surface area contributed by atoms with E-state index < -0.39 is 15.4 Å². The van der Waals surface area contributed by atoms with Gasteiger partial charge in [0.05, 0.1) is 0 Å². The third-order valence-corrected chi connectivity index (χ3v) is 3.95. The molecule has 2 aromatic rings. The smallest absolute Gasteiger partial charge is 0.272 e. The predicted octanol–water partition coefficient (Wildman–Crippen LogP) is 2.86. The highest BCUT2D eigenvalue weighted by Crippen LogP contribution is 2.25. The molecule has 0 bridgehead atoms. The molecule has 0 heterocycles. The predicted molar refractivity (Wildman–Crippen MR) is 70.9 cm³/mol. The summed E-state index contributed by atoms with van der Waals surface area (Å²) in [5, 5.41) is -0.916. The molecule has 0 aliphatic heterocycles. The molecule has 4 heteroatoms. The molecule has 18 heavy (non-hydrogen) atoms. The van der Waals surface area contributed by atoms with Crippen molar-refractivity contribution >= 4 is 10.1 Å². The SMILES string of the molecule is O=S(=O)(O)C(Cc1ccccc1)c1ccccc1. The summed E-state index contributed by atoms with van der Waals surface area (Å²) < 4.78 is 32.3. The van der Waals surface area contributed by atoms with E-state index in [4.69, 9.17) is 0 Å². The van der Waals surface area contributed by atoms with Gasteiger partial charge in [-0.2, -0.15) is 8.42 Å². The van der Waals surface area contributed by atoms with Gasteiger partial charge in [-0.05, 0) is 17.5 Å². The highest BCUT2D eigenvalue weighted by molar-refractivity contribution is 7.86. The molecule has 0 aliphatic carbocycles. The van der Waals surface area contributed by atoms with Crippen LogP contribution < -0.4 is 0 Å². The Kier molecular flexibility index (Phi) is 3.79. The van der Waals surface area contributed by atoms with E-state index >= 15 is 0 Å². The molecule has 0 aromatic heterocycles. The van der Waals surface area contributed by atoms with Crippen LogP contribution in [0.4, 0.5) is 0 Å². The Morgan fingerprint density at radius 3 is 1.89 bits per heavy atom. The van der Waals surface area contributed by atoms with Crippen LogP contribution >= 0.6 is 0 Å². The molecule has 2 rings (SSSR count). The van der Waals surface area contributed by atoms with E-state index in [1.807, 2.05) is 36.4 Å². The first-order valence-electron chi connectivity index (χ1n) is 5.62. The Labute approximate surface area is 107 Å². The van der Waals surface area contributed by atoms with Crippen LogP contribution in [0.3, 0.4) is 0 Å². The van der Waals surface area contributed by atoms with Crippen molar-refractivity contribution in [3.05, 3.63) is 71.8 Å². The normalized spacial score (nSPS) is 13.2. The van der Waals surface area contributed by atoms with Gasteiger partial charge in [-0.15, -0.1) is 0 Å². The molecule has 0 aliphatic rings. The molecule has 0 amide bonds. The van der Waals surface area contributed by atoms with E-state index in [1.54, 1.807) is 24.3 Å². The zero-order valence-corrected chi connectivity index (χ0v) is 10.5. The van der Waals surface area contributed by atoms with Gasteiger partial charge in [0.15, 0.2) is 0 Å². The Balaban J connectivity index is 2.34. The zero-order valence-electron chi connectivity index (χ0n) is 9.73. The van der Waals surface area contributed by atoms with Gasteiger partial charge < -0.3 is 0 Å². The summed E-state index contributed by atoms with van der Waals surface area (Å²) in [7, 11) is -4.12. The molecular weight excluding hydrogens is 248 g/mol. The minimum Gasteiger partial charge on any atom is -0.285 e. The molecule has 0 saturated heterocycles. The number of hydrogen-bond acceptors (Lipinski definition) is 2. The number of hydrogen-bond donors (Lipinski definition) is 1. The summed E-state index contributed by atoms with van der Waals surface area (Å²) in [5.74, 6) is 0. The first kappa shape index (κ1) is 12.8. The first-order chi connectivity index (χ1) is 8.57. The Morgan fingerprint density at radius 1 is 0.889 bits per heavy atom. The van der Waals surface area contributed by atoms with Gasteiger partial charge >= 0.3 is 0 Å². The van der Waals surface area contributed by atoms with Crippen molar-refractivity contribution in [2.75, 3.05) is 0 Å². The maximum Gasteiger partial charge on any atom is 0.272 e. The summed E-state index contributed by atoms with van der Waals surface area (Å²) in [5.41, 5.74) is 1.48. The second kappa shape index (κ2) is 5.33. The lowest BCUT2D eigenvalue weighted by molar-refractivity contribution is 0.468. The maximum absolute atomic E-state index is 11.5. The Morgan fingerprint density at radius 2 is 1.39 bits per heavy atom. The van der Waals surface area contributed by atoms with Crippen LogP contribution in [0.15, 0.2) is 60.7 Å². The fourth-order valence-electron chi connectivity index (χ4n) is 1.89. The Bertz CT molecular complexity index is 591. The fraction of sp³-hybridized carbons (Fsp3) is 0.143. The van der Waals surface area contributed by atoms with Gasteiger partial charge in [0.2, 0.25) is 0 Å². The molecule has 1 unspecified atom stereocenters. The molecule has 1 atom stereocenters. The van der Waals surface area contributed by atoms with Gasteiger partial charge in [-0.3, -0.25) is 4.55 Å². The van der Waals surface area contributed by atoms with E-state index in [0.717, 1.165) is 5.56 Å². The fourth-order valence-corrected chi connectivity index (χ4v) is 2.80. The summed E-state index contributed by atoms with van der Waals surface area (Å²) in [6.45, 7) is 0. The van der Waals surface area contributed by atoms with Crippen molar-refractivity contribution < 1.29 is 13.0 Å². The minimum absolute atomic E-state index is 0.268. The van der Waals surface area contributed by atoms with Crippen molar-refractivity contribution in [2.24, 2.45) is 0 Å². The molecule has 1 N–H and O–H groups in total. The van der Waals surface area contributed by atoms with Crippen molar-refractivity contribution in [1.29, 1.82) is 0 Å².